The molecule has 0 saturated carbocycles. The predicted octanol–water partition coefficient (Wildman–Crippen LogP) is 2.98. The lowest BCUT2D eigenvalue weighted by Gasteiger charge is -2.29. The predicted molar refractivity (Wildman–Crippen MR) is 72.2 cm³/mol. The molecule has 0 heterocycles. The molecule has 7 heteroatoms. The standard InChI is InChI=1S/C12H16ClFN2O3/c1-4-15(7-12(2,3)17)10-5-8(13)9(14)6-11(10)16(18)19/h5-6,17H,4,7H2,1-3H3. The van der Waals surface area contributed by atoms with Crippen molar-refractivity contribution < 1.29 is 14.4 Å². The van der Waals surface area contributed by atoms with E-state index in [1.165, 1.54) is 6.07 Å². The zero-order valence-electron chi connectivity index (χ0n) is 11.0. The highest BCUT2D eigenvalue weighted by Gasteiger charge is 2.25. The van der Waals surface area contributed by atoms with Crippen molar-refractivity contribution in [1.82, 2.24) is 0 Å². The van der Waals surface area contributed by atoms with Gasteiger partial charge in [0.15, 0.2) is 0 Å². The summed E-state index contributed by atoms with van der Waals surface area (Å²) in [6.45, 7) is 5.56. The summed E-state index contributed by atoms with van der Waals surface area (Å²) in [6.07, 6.45) is 0. The van der Waals surface area contributed by atoms with Crippen LogP contribution >= 0.6 is 11.6 Å². The van der Waals surface area contributed by atoms with Crippen LogP contribution in [0.15, 0.2) is 12.1 Å². The third-order valence-electron chi connectivity index (χ3n) is 2.51. The van der Waals surface area contributed by atoms with Gasteiger partial charge in [0, 0.05) is 13.1 Å². The number of rotatable bonds is 5. The van der Waals surface area contributed by atoms with Gasteiger partial charge in [-0.15, -0.1) is 0 Å². The van der Waals surface area contributed by atoms with Gasteiger partial charge >= 0.3 is 0 Å². The Morgan fingerprint density at radius 3 is 2.53 bits per heavy atom. The fraction of sp³-hybridized carbons (Fsp3) is 0.500. The Morgan fingerprint density at radius 2 is 2.11 bits per heavy atom. The van der Waals surface area contributed by atoms with Gasteiger partial charge in [-0.05, 0) is 26.8 Å². The SMILES string of the molecule is CCN(CC(C)(C)O)c1cc(Cl)c(F)cc1[N+](=O)[O-]. The van der Waals surface area contributed by atoms with E-state index >= 15 is 0 Å². The zero-order valence-corrected chi connectivity index (χ0v) is 11.7. The summed E-state index contributed by atoms with van der Waals surface area (Å²) in [6, 6.07) is 2.01. The average Bonchev–Trinajstić information content (AvgIpc) is 2.27. The van der Waals surface area contributed by atoms with Crippen molar-refractivity contribution in [3.8, 4) is 0 Å². The van der Waals surface area contributed by atoms with Gasteiger partial charge in [0.25, 0.3) is 5.69 Å². The van der Waals surface area contributed by atoms with Crippen molar-refractivity contribution in [3.63, 3.8) is 0 Å². The van der Waals surface area contributed by atoms with Crippen LogP contribution in [-0.2, 0) is 0 Å². The van der Waals surface area contributed by atoms with Crippen molar-refractivity contribution in [2.45, 2.75) is 26.4 Å². The van der Waals surface area contributed by atoms with Gasteiger partial charge in [0.1, 0.15) is 11.5 Å². The Morgan fingerprint density at radius 1 is 1.53 bits per heavy atom. The maximum atomic E-state index is 13.3. The molecule has 106 valence electrons. The first-order valence-electron chi connectivity index (χ1n) is 5.76. The van der Waals surface area contributed by atoms with Crippen molar-refractivity contribution >= 4 is 23.0 Å². The number of nitrogens with zero attached hydrogens (tertiary/aromatic N) is 2. The second-order valence-corrected chi connectivity index (χ2v) is 5.25. The molecule has 1 aromatic carbocycles. The number of hydrogen-bond donors (Lipinski definition) is 1. The van der Waals surface area contributed by atoms with E-state index in [0.717, 1.165) is 6.07 Å². The molecule has 1 rings (SSSR count). The number of anilines is 1. The summed E-state index contributed by atoms with van der Waals surface area (Å²) in [7, 11) is 0. The largest absolute Gasteiger partial charge is 0.389 e. The van der Waals surface area contributed by atoms with Crippen LogP contribution in [-0.4, -0.2) is 28.7 Å². The van der Waals surface area contributed by atoms with Crippen LogP contribution in [0.2, 0.25) is 5.02 Å². The first kappa shape index (κ1) is 15.7. The minimum absolute atomic E-state index is 0.173. The Hall–Kier alpha value is -1.40. The van der Waals surface area contributed by atoms with Crippen LogP contribution in [0.25, 0.3) is 0 Å². The second kappa shape index (κ2) is 5.71. The Labute approximate surface area is 115 Å². The van der Waals surface area contributed by atoms with E-state index in [1.807, 2.05) is 0 Å². The van der Waals surface area contributed by atoms with E-state index in [0.29, 0.717) is 6.54 Å². The van der Waals surface area contributed by atoms with Gasteiger partial charge in [-0.2, -0.15) is 0 Å². The molecule has 0 aliphatic rings. The van der Waals surface area contributed by atoms with Crippen molar-refractivity contribution in [2.24, 2.45) is 0 Å². The summed E-state index contributed by atoms with van der Waals surface area (Å²) in [4.78, 5) is 11.9. The third-order valence-corrected chi connectivity index (χ3v) is 2.80. The van der Waals surface area contributed by atoms with Gasteiger partial charge in [0.05, 0.1) is 21.6 Å². The minimum atomic E-state index is -1.04. The van der Waals surface area contributed by atoms with Crippen molar-refractivity contribution in [1.29, 1.82) is 0 Å². The monoisotopic (exact) mass is 290 g/mol. The Kier molecular flexibility index (Phi) is 4.70. The highest BCUT2D eigenvalue weighted by atomic mass is 35.5. The smallest absolute Gasteiger partial charge is 0.295 e. The van der Waals surface area contributed by atoms with Crippen LogP contribution < -0.4 is 4.90 Å². The average molecular weight is 291 g/mol. The van der Waals surface area contributed by atoms with E-state index in [1.54, 1.807) is 25.7 Å². The Bertz CT molecular complexity index is 489. The van der Waals surface area contributed by atoms with E-state index in [4.69, 9.17) is 11.6 Å². The fourth-order valence-electron chi connectivity index (χ4n) is 1.76. The van der Waals surface area contributed by atoms with E-state index in [-0.39, 0.29) is 22.9 Å². The van der Waals surface area contributed by atoms with Crippen LogP contribution in [0.5, 0.6) is 0 Å². The molecule has 0 amide bonds. The number of likely N-dealkylation sites (N-methyl/N-ethyl adjacent to an activating group) is 1. The molecular weight excluding hydrogens is 275 g/mol. The third kappa shape index (κ3) is 4.04. The van der Waals surface area contributed by atoms with Crippen molar-refractivity contribution in [2.75, 3.05) is 18.0 Å². The first-order chi connectivity index (χ1) is 8.65. The van der Waals surface area contributed by atoms with E-state index in [9.17, 15) is 19.6 Å². The lowest BCUT2D eigenvalue weighted by Crippen LogP contribution is -2.38. The maximum absolute atomic E-state index is 13.3. The molecule has 0 aliphatic heterocycles. The highest BCUT2D eigenvalue weighted by molar-refractivity contribution is 6.31. The van der Waals surface area contributed by atoms with Crippen LogP contribution in [0.4, 0.5) is 15.8 Å². The number of nitro groups is 1. The number of nitro benzene ring substituents is 1. The molecule has 1 aromatic rings. The summed E-state index contributed by atoms with van der Waals surface area (Å²) in [5, 5.41) is 20.6. The molecule has 0 atom stereocenters. The summed E-state index contributed by atoms with van der Waals surface area (Å²) >= 11 is 5.68. The first-order valence-corrected chi connectivity index (χ1v) is 6.14. The molecule has 0 fully saturated rings. The molecular formula is C12H16ClFN2O3. The maximum Gasteiger partial charge on any atom is 0.295 e. The normalized spacial score (nSPS) is 11.5. The molecule has 0 unspecified atom stereocenters. The molecule has 0 bridgehead atoms. The van der Waals surface area contributed by atoms with Crippen LogP contribution in [0.1, 0.15) is 20.8 Å². The molecule has 0 aliphatic carbocycles. The molecule has 0 aromatic heterocycles. The van der Waals surface area contributed by atoms with Crippen molar-refractivity contribution in [3.05, 3.63) is 33.1 Å². The fourth-order valence-corrected chi connectivity index (χ4v) is 1.92. The molecule has 1 N–H and O–H groups in total. The summed E-state index contributed by atoms with van der Waals surface area (Å²) in [5.74, 6) is -0.837. The molecule has 0 radical (unpaired) electrons. The number of halogens is 2. The number of hydrogen-bond acceptors (Lipinski definition) is 4. The van der Waals surface area contributed by atoms with Gasteiger partial charge in [0.2, 0.25) is 0 Å². The zero-order chi connectivity index (χ0) is 14.8. The number of benzene rings is 1. The highest BCUT2D eigenvalue weighted by Crippen LogP contribution is 2.33. The molecule has 0 spiro atoms. The van der Waals surface area contributed by atoms with Gasteiger partial charge in [-0.25, -0.2) is 4.39 Å². The van der Waals surface area contributed by atoms with E-state index < -0.39 is 16.3 Å². The minimum Gasteiger partial charge on any atom is -0.389 e. The van der Waals surface area contributed by atoms with Gasteiger partial charge in [-0.3, -0.25) is 10.1 Å². The van der Waals surface area contributed by atoms with Gasteiger partial charge in [-0.1, -0.05) is 11.6 Å². The molecule has 5 nitrogen and oxygen atoms in total. The topological polar surface area (TPSA) is 66.6 Å². The van der Waals surface area contributed by atoms with Crippen LogP contribution in [0.3, 0.4) is 0 Å². The lowest BCUT2D eigenvalue weighted by molar-refractivity contribution is -0.384. The summed E-state index contributed by atoms with van der Waals surface area (Å²) in [5.41, 5.74) is -1.21. The van der Waals surface area contributed by atoms with Gasteiger partial charge < -0.3 is 10.0 Å². The Balaban J connectivity index is 3.29. The second-order valence-electron chi connectivity index (χ2n) is 4.84. The lowest BCUT2D eigenvalue weighted by atomic mass is 10.1. The molecule has 19 heavy (non-hydrogen) atoms. The van der Waals surface area contributed by atoms with Crippen LogP contribution in [0, 0.1) is 15.9 Å². The quantitative estimate of drug-likeness (QED) is 0.669. The van der Waals surface area contributed by atoms with E-state index in [2.05, 4.69) is 0 Å². The molecule has 0 saturated heterocycles. The number of aliphatic hydroxyl groups is 1. The summed E-state index contributed by atoms with van der Waals surface area (Å²) < 4.78 is 13.3.